The number of anilines is 1. The van der Waals surface area contributed by atoms with Crippen LogP contribution >= 0.6 is 0 Å². The zero-order valence-corrected chi connectivity index (χ0v) is 23.3. The van der Waals surface area contributed by atoms with E-state index in [1.165, 1.54) is 5.57 Å². The molecule has 3 nitrogen and oxygen atoms in total. The molecule has 6 rings (SSSR count). The topological polar surface area (TPSA) is 25.2 Å². The highest BCUT2D eigenvalue weighted by molar-refractivity contribution is 5.97. The van der Waals surface area contributed by atoms with Gasteiger partial charge in [-0.3, -0.25) is 4.79 Å². The highest BCUT2D eigenvalue weighted by Gasteiger charge is 2.26. The molecule has 2 aliphatic carbocycles. The Morgan fingerprint density at radius 3 is 2.26 bits per heavy atom. The number of rotatable bonds is 6. The lowest BCUT2D eigenvalue weighted by Crippen LogP contribution is -2.21. The zero-order chi connectivity index (χ0) is 27.9. The minimum atomic E-state index is 0.0237. The van der Waals surface area contributed by atoms with Crippen molar-refractivity contribution >= 4 is 27.5 Å². The molecule has 0 spiro atoms. The Morgan fingerprint density at radius 2 is 1.56 bits per heavy atom. The first-order chi connectivity index (χ1) is 19.2. The monoisotopic (exact) mass is 512 g/mol. The van der Waals surface area contributed by atoms with Gasteiger partial charge in [0.25, 0.3) is 0 Å². The molecular weight excluding hydrogens is 476 g/mol. The van der Waals surface area contributed by atoms with E-state index >= 15 is 0 Å². The van der Waals surface area contributed by atoms with Crippen molar-refractivity contribution in [2.75, 3.05) is 4.90 Å². The minimum Gasteiger partial charge on any atom is -0.311 e. The molecule has 0 N–H and O–H groups in total. The third kappa shape index (κ3) is 5.21. The van der Waals surface area contributed by atoms with Crippen LogP contribution in [0.5, 0.6) is 0 Å². The van der Waals surface area contributed by atoms with E-state index in [0.717, 1.165) is 33.8 Å². The lowest BCUT2D eigenvalue weighted by molar-refractivity contribution is 1.09. The van der Waals surface area contributed by atoms with E-state index < -0.39 is 0 Å². The van der Waals surface area contributed by atoms with Crippen molar-refractivity contribution in [3.05, 3.63) is 156 Å². The summed E-state index contributed by atoms with van der Waals surface area (Å²) < 4.78 is 2.16. The average Bonchev–Trinajstić information content (AvgIpc) is 3.79. The first-order valence-corrected chi connectivity index (χ1v) is 13.7. The molecule has 4 aromatic rings. The fourth-order valence-electron chi connectivity index (χ4n) is 4.86. The molecule has 0 aliphatic heterocycles. The number of nitrogens with zero attached hydrogens (tertiary/aromatic N) is 2. The first-order valence-electron chi connectivity index (χ1n) is 13.7. The fourth-order valence-corrected chi connectivity index (χ4v) is 4.86. The number of benzene rings is 3. The molecule has 0 saturated carbocycles. The van der Waals surface area contributed by atoms with Crippen LogP contribution in [0.15, 0.2) is 150 Å². The quantitative estimate of drug-likeness (QED) is 0.190. The van der Waals surface area contributed by atoms with Crippen LogP contribution in [0.25, 0.3) is 27.5 Å². The normalized spacial score (nSPS) is 15.1. The Morgan fingerprint density at radius 1 is 0.872 bits per heavy atom. The smallest absolute Gasteiger partial charge is 0.197 e. The molecule has 39 heavy (non-hydrogen) atoms. The zero-order valence-electron chi connectivity index (χ0n) is 23.3. The molecule has 1 unspecified atom stereocenters. The SMILES string of the molecule is C=C/C=C(\C=C)N(C1=CC2=CC2C=C1)c1ccc2c(c1)c(=O)c1ccccc1n2-c1ccccc1.CC.CC. The van der Waals surface area contributed by atoms with E-state index in [1.807, 2.05) is 94.4 Å². The number of hydrogen-bond donors (Lipinski definition) is 0. The van der Waals surface area contributed by atoms with Gasteiger partial charge in [0.2, 0.25) is 0 Å². The Kier molecular flexibility index (Phi) is 8.63. The third-order valence-corrected chi connectivity index (χ3v) is 6.58. The van der Waals surface area contributed by atoms with Gasteiger partial charge in [-0.05, 0) is 72.3 Å². The number of fused-ring (bicyclic) bond motifs is 3. The number of allylic oxidation sites excluding steroid dienone is 8. The molecule has 0 amide bonds. The predicted molar refractivity (Wildman–Crippen MR) is 169 cm³/mol. The van der Waals surface area contributed by atoms with Gasteiger partial charge in [0, 0.05) is 39.5 Å². The van der Waals surface area contributed by atoms with Gasteiger partial charge in [0.1, 0.15) is 0 Å². The van der Waals surface area contributed by atoms with Crippen molar-refractivity contribution in [1.29, 1.82) is 0 Å². The number of aromatic nitrogens is 1. The highest BCUT2D eigenvalue weighted by atomic mass is 16.1. The van der Waals surface area contributed by atoms with Crippen LogP contribution < -0.4 is 10.3 Å². The van der Waals surface area contributed by atoms with Gasteiger partial charge in [-0.25, -0.2) is 0 Å². The van der Waals surface area contributed by atoms with E-state index in [1.54, 1.807) is 6.08 Å². The molecule has 0 saturated heterocycles. The summed E-state index contributed by atoms with van der Waals surface area (Å²) in [4.78, 5) is 15.9. The number of pyridine rings is 1. The van der Waals surface area contributed by atoms with Crippen LogP contribution in [-0.2, 0) is 0 Å². The number of para-hydroxylation sites is 2. The van der Waals surface area contributed by atoms with Crippen molar-refractivity contribution in [2.45, 2.75) is 27.7 Å². The summed E-state index contributed by atoms with van der Waals surface area (Å²) in [6, 6.07) is 24.1. The molecule has 1 heterocycles. The molecular formula is C36H36N2O. The van der Waals surface area contributed by atoms with Gasteiger partial charge >= 0.3 is 0 Å². The van der Waals surface area contributed by atoms with E-state index in [0.29, 0.717) is 16.7 Å². The summed E-state index contributed by atoms with van der Waals surface area (Å²) in [5, 5.41) is 1.36. The summed E-state index contributed by atoms with van der Waals surface area (Å²) >= 11 is 0. The van der Waals surface area contributed by atoms with Gasteiger partial charge in [-0.15, -0.1) is 0 Å². The van der Waals surface area contributed by atoms with Gasteiger partial charge in [0.15, 0.2) is 5.43 Å². The van der Waals surface area contributed by atoms with Crippen LogP contribution in [0.1, 0.15) is 27.7 Å². The van der Waals surface area contributed by atoms with Crippen LogP contribution in [0.4, 0.5) is 5.69 Å². The molecule has 196 valence electrons. The lowest BCUT2D eigenvalue weighted by atomic mass is 10.1. The average molecular weight is 513 g/mol. The van der Waals surface area contributed by atoms with E-state index in [4.69, 9.17) is 0 Å². The summed E-state index contributed by atoms with van der Waals surface area (Å²) in [7, 11) is 0. The maximum Gasteiger partial charge on any atom is 0.197 e. The Balaban J connectivity index is 0.000000845. The van der Waals surface area contributed by atoms with Crippen LogP contribution in [-0.4, -0.2) is 4.57 Å². The summed E-state index contributed by atoms with van der Waals surface area (Å²) in [6.07, 6.45) is 14.3. The van der Waals surface area contributed by atoms with Crippen LogP contribution in [0, 0.1) is 5.92 Å². The van der Waals surface area contributed by atoms with Gasteiger partial charge in [-0.1, -0.05) is 89.4 Å². The summed E-state index contributed by atoms with van der Waals surface area (Å²) in [5.41, 5.74) is 6.93. The lowest BCUT2D eigenvalue weighted by Gasteiger charge is -2.28. The van der Waals surface area contributed by atoms with Crippen molar-refractivity contribution in [2.24, 2.45) is 5.92 Å². The Labute approximate surface area is 231 Å². The van der Waals surface area contributed by atoms with Crippen LogP contribution in [0.2, 0.25) is 0 Å². The third-order valence-electron chi connectivity index (χ3n) is 6.58. The second kappa shape index (κ2) is 12.3. The molecule has 0 radical (unpaired) electrons. The molecule has 1 atom stereocenters. The van der Waals surface area contributed by atoms with Gasteiger partial charge in [-0.2, -0.15) is 0 Å². The predicted octanol–water partition coefficient (Wildman–Crippen LogP) is 9.27. The maximum atomic E-state index is 13.7. The largest absolute Gasteiger partial charge is 0.311 e. The molecule has 3 aromatic carbocycles. The second-order valence-corrected chi connectivity index (χ2v) is 8.71. The van der Waals surface area contributed by atoms with Crippen molar-refractivity contribution in [3.63, 3.8) is 0 Å². The summed E-state index contributed by atoms with van der Waals surface area (Å²) in [6.45, 7) is 15.9. The number of hydrogen-bond acceptors (Lipinski definition) is 2. The van der Waals surface area contributed by atoms with E-state index in [2.05, 4.69) is 65.1 Å². The molecule has 0 bridgehead atoms. The highest BCUT2D eigenvalue weighted by Crippen LogP contribution is 2.39. The van der Waals surface area contributed by atoms with E-state index in [9.17, 15) is 4.79 Å². The Hall–Kier alpha value is -4.63. The van der Waals surface area contributed by atoms with Gasteiger partial charge in [0.05, 0.1) is 11.0 Å². The molecule has 0 fully saturated rings. The van der Waals surface area contributed by atoms with Crippen LogP contribution in [0.3, 0.4) is 0 Å². The standard InChI is InChI=1S/C32H24N2O.2C2H6/c1-3-10-24(4-2)33(26-16-15-22-19-23(22)20-26)27-17-18-31-29(21-27)32(35)28-13-8-9-14-30(28)34(31)25-11-6-5-7-12-25;2*1-2/h3-22H,1-2H2;2*1-2H3/b24-10+;;. The molecule has 1 aromatic heterocycles. The Bertz CT molecular complexity index is 1700. The van der Waals surface area contributed by atoms with Crippen molar-refractivity contribution in [1.82, 2.24) is 4.57 Å². The van der Waals surface area contributed by atoms with Gasteiger partial charge < -0.3 is 9.47 Å². The summed E-state index contributed by atoms with van der Waals surface area (Å²) in [5.74, 6) is 0.456. The fraction of sp³-hybridized carbons (Fsp3) is 0.139. The molecule has 3 heteroatoms. The second-order valence-electron chi connectivity index (χ2n) is 8.71. The van der Waals surface area contributed by atoms with Crippen molar-refractivity contribution < 1.29 is 0 Å². The van der Waals surface area contributed by atoms with Crippen molar-refractivity contribution in [3.8, 4) is 5.69 Å². The maximum absolute atomic E-state index is 13.7. The first kappa shape index (κ1) is 27.4. The van der Waals surface area contributed by atoms with E-state index in [-0.39, 0.29) is 5.43 Å². The minimum absolute atomic E-state index is 0.0237. The molecule has 2 aliphatic rings.